The lowest BCUT2D eigenvalue weighted by Gasteiger charge is -2.14. The molecule has 1 aromatic rings. The zero-order valence-corrected chi connectivity index (χ0v) is 17.3. The van der Waals surface area contributed by atoms with Gasteiger partial charge in [0, 0.05) is 12.5 Å². The Hall–Kier alpha value is -1.31. The molecule has 0 unspecified atom stereocenters. The molecule has 1 atom stereocenters. The van der Waals surface area contributed by atoms with Crippen LogP contribution < -0.4 is 5.32 Å². The molecule has 2 heteroatoms. The first-order valence-electron chi connectivity index (χ1n) is 11.1. The average Bonchev–Trinajstić information content (AvgIpc) is 2.65. The quantitative estimate of drug-likeness (QED) is 0.322. The predicted molar refractivity (Wildman–Crippen MR) is 113 cm³/mol. The van der Waals surface area contributed by atoms with Gasteiger partial charge in [-0.15, -0.1) is 0 Å². The van der Waals surface area contributed by atoms with Crippen molar-refractivity contribution in [3.8, 4) is 0 Å². The van der Waals surface area contributed by atoms with Crippen LogP contribution in [0.25, 0.3) is 0 Å². The second-order valence-corrected chi connectivity index (χ2v) is 7.78. The zero-order valence-electron chi connectivity index (χ0n) is 17.3. The molecule has 0 aromatic heterocycles. The highest BCUT2D eigenvalue weighted by atomic mass is 16.1. The van der Waals surface area contributed by atoms with Gasteiger partial charge < -0.3 is 5.32 Å². The van der Waals surface area contributed by atoms with E-state index in [9.17, 15) is 4.79 Å². The van der Waals surface area contributed by atoms with Crippen molar-refractivity contribution >= 4 is 5.91 Å². The first-order valence-corrected chi connectivity index (χ1v) is 11.1. The van der Waals surface area contributed by atoms with Gasteiger partial charge >= 0.3 is 0 Å². The Kier molecular flexibility index (Phi) is 13.9. The average molecular weight is 360 g/mol. The van der Waals surface area contributed by atoms with Gasteiger partial charge in [0.2, 0.25) is 5.91 Å². The van der Waals surface area contributed by atoms with Crippen LogP contribution in [0.4, 0.5) is 0 Å². The van der Waals surface area contributed by atoms with Crippen LogP contribution in [0.2, 0.25) is 0 Å². The van der Waals surface area contributed by atoms with Crippen molar-refractivity contribution < 1.29 is 4.79 Å². The Labute approximate surface area is 162 Å². The Balaban J connectivity index is 1.90. The number of aryl methyl sites for hydroxylation is 1. The molecule has 1 rings (SSSR count). The third kappa shape index (κ3) is 13.0. The largest absolute Gasteiger partial charge is 0.354 e. The van der Waals surface area contributed by atoms with Gasteiger partial charge in [-0.1, -0.05) is 101 Å². The molecular formula is C24H41NO. The van der Waals surface area contributed by atoms with E-state index < -0.39 is 0 Å². The van der Waals surface area contributed by atoms with Crippen molar-refractivity contribution in [1.82, 2.24) is 5.32 Å². The van der Waals surface area contributed by atoms with Crippen molar-refractivity contribution in [2.75, 3.05) is 0 Å². The number of hydrogen-bond acceptors (Lipinski definition) is 1. The molecular weight excluding hydrogens is 318 g/mol. The minimum atomic E-state index is 0.224. The third-order valence-electron chi connectivity index (χ3n) is 5.12. The molecule has 0 radical (unpaired) electrons. The van der Waals surface area contributed by atoms with E-state index in [1.807, 2.05) is 6.07 Å². The second-order valence-electron chi connectivity index (χ2n) is 7.78. The van der Waals surface area contributed by atoms with Crippen LogP contribution in [-0.2, 0) is 11.2 Å². The van der Waals surface area contributed by atoms with Crippen LogP contribution >= 0.6 is 0 Å². The van der Waals surface area contributed by atoms with E-state index in [-0.39, 0.29) is 11.9 Å². The summed E-state index contributed by atoms with van der Waals surface area (Å²) in [6.07, 6.45) is 17.3. The molecule has 148 valence electrons. The van der Waals surface area contributed by atoms with E-state index in [0.29, 0.717) is 6.42 Å². The van der Waals surface area contributed by atoms with E-state index in [2.05, 4.69) is 43.4 Å². The fourth-order valence-electron chi connectivity index (χ4n) is 3.40. The number of unbranched alkanes of at least 4 members (excludes halogenated alkanes) is 10. The molecule has 0 heterocycles. The second kappa shape index (κ2) is 15.9. The van der Waals surface area contributed by atoms with Gasteiger partial charge in [0.1, 0.15) is 0 Å². The first-order chi connectivity index (χ1) is 12.7. The molecule has 1 amide bonds. The van der Waals surface area contributed by atoms with Crippen LogP contribution in [0, 0.1) is 0 Å². The van der Waals surface area contributed by atoms with Gasteiger partial charge in [-0.3, -0.25) is 4.79 Å². The van der Waals surface area contributed by atoms with E-state index in [1.54, 1.807) is 0 Å². The SMILES string of the molecule is CCCCCCCCCCCCCC(=O)N[C@@H](C)CCc1ccccc1. The van der Waals surface area contributed by atoms with Crippen molar-refractivity contribution in [2.45, 2.75) is 110 Å². The number of nitrogens with one attached hydrogen (secondary N) is 1. The summed E-state index contributed by atoms with van der Waals surface area (Å²) in [6, 6.07) is 10.8. The van der Waals surface area contributed by atoms with Gasteiger partial charge in [0.15, 0.2) is 0 Å². The van der Waals surface area contributed by atoms with Gasteiger partial charge in [0.05, 0.1) is 0 Å². The van der Waals surface area contributed by atoms with E-state index >= 15 is 0 Å². The fraction of sp³-hybridized carbons (Fsp3) is 0.708. The van der Waals surface area contributed by atoms with Gasteiger partial charge in [-0.25, -0.2) is 0 Å². The summed E-state index contributed by atoms with van der Waals surface area (Å²) in [5.41, 5.74) is 1.35. The summed E-state index contributed by atoms with van der Waals surface area (Å²) in [5, 5.41) is 3.15. The lowest BCUT2D eigenvalue weighted by Crippen LogP contribution is -2.32. The van der Waals surface area contributed by atoms with Gasteiger partial charge in [-0.2, -0.15) is 0 Å². The van der Waals surface area contributed by atoms with Crippen LogP contribution in [0.15, 0.2) is 30.3 Å². The van der Waals surface area contributed by atoms with E-state index in [4.69, 9.17) is 0 Å². The number of carbonyl (C=O) groups is 1. The molecule has 0 bridgehead atoms. The first kappa shape index (κ1) is 22.7. The lowest BCUT2D eigenvalue weighted by atomic mass is 10.0. The normalized spacial score (nSPS) is 12.1. The van der Waals surface area contributed by atoms with Crippen LogP contribution in [0.1, 0.15) is 103 Å². The van der Waals surface area contributed by atoms with Crippen LogP contribution in [0.5, 0.6) is 0 Å². The molecule has 1 aromatic carbocycles. The molecule has 0 fully saturated rings. The molecule has 2 nitrogen and oxygen atoms in total. The van der Waals surface area contributed by atoms with Crippen molar-refractivity contribution in [3.63, 3.8) is 0 Å². The number of hydrogen-bond donors (Lipinski definition) is 1. The molecule has 0 aliphatic rings. The molecule has 0 aliphatic heterocycles. The molecule has 0 saturated heterocycles. The maximum atomic E-state index is 12.0. The number of carbonyl (C=O) groups excluding carboxylic acids is 1. The summed E-state index contributed by atoms with van der Waals surface area (Å²) in [7, 11) is 0. The third-order valence-corrected chi connectivity index (χ3v) is 5.12. The Morgan fingerprint density at radius 1 is 0.846 bits per heavy atom. The van der Waals surface area contributed by atoms with E-state index in [0.717, 1.165) is 19.3 Å². The minimum absolute atomic E-state index is 0.224. The smallest absolute Gasteiger partial charge is 0.220 e. The molecule has 0 saturated carbocycles. The van der Waals surface area contributed by atoms with Crippen molar-refractivity contribution in [3.05, 3.63) is 35.9 Å². The Morgan fingerprint density at radius 3 is 1.96 bits per heavy atom. The van der Waals surface area contributed by atoms with Crippen molar-refractivity contribution in [1.29, 1.82) is 0 Å². The number of benzene rings is 1. The highest BCUT2D eigenvalue weighted by molar-refractivity contribution is 5.76. The lowest BCUT2D eigenvalue weighted by molar-refractivity contribution is -0.121. The van der Waals surface area contributed by atoms with E-state index in [1.165, 1.54) is 69.8 Å². The van der Waals surface area contributed by atoms with Crippen LogP contribution in [0.3, 0.4) is 0 Å². The summed E-state index contributed by atoms with van der Waals surface area (Å²) in [4.78, 5) is 12.0. The monoisotopic (exact) mass is 359 g/mol. The minimum Gasteiger partial charge on any atom is -0.354 e. The molecule has 26 heavy (non-hydrogen) atoms. The molecule has 0 aliphatic carbocycles. The maximum absolute atomic E-state index is 12.0. The zero-order chi connectivity index (χ0) is 18.9. The predicted octanol–water partition coefficient (Wildman–Crippen LogP) is 6.83. The van der Waals surface area contributed by atoms with Gasteiger partial charge in [0.25, 0.3) is 0 Å². The summed E-state index contributed by atoms with van der Waals surface area (Å²) < 4.78 is 0. The highest BCUT2D eigenvalue weighted by Gasteiger charge is 2.07. The molecule has 1 N–H and O–H groups in total. The summed E-state index contributed by atoms with van der Waals surface area (Å²) >= 11 is 0. The highest BCUT2D eigenvalue weighted by Crippen LogP contribution is 2.12. The standard InChI is InChI=1S/C24H41NO/c1-3-4-5-6-7-8-9-10-11-12-16-19-24(26)25-22(2)20-21-23-17-14-13-15-18-23/h13-15,17-18,22H,3-12,16,19-21H2,1-2H3,(H,25,26)/t22-/m0/s1. The maximum Gasteiger partial charge on any atom is 0.220 e. The summed E-state index contributed by atoms with van der Waals surface area (Å²) in [5.74, 6) is 0.224. The Morgan fingerprint density at radius 2 is 1.38 bits per heavy atom. The van der Waals surface area contributed by atoms with Crippen LogP contribution in [-0.4, -0.2) is 11.9 Å². The topological polar surface area (TPSA) is 29.1 Å². The Bertz CT molecular complexity index is 443. The van der Waals surface area contributed by atoms with Gasteiger partial charge in [-0.05, 0) is 31.7 Å². The fourth-order valence-corrected chi connectivity index (χ4v) is 3.40. The molecule has 0 spiro atoms. The van der Waals surface area contributed by atoms with Crippen molar-refractivity contribution in [2.24, 2.45) is 0 Å². The number of amides is 1. The summed E-state index contributed by atoms with van der Waals surface area (Å²) in [6.45, 7) is 4.38. The number of rotatable bonds is 16.